The standard InChI is InChI=1S/C20H30N6O3/c1-15-16(2)22-19(14-21-15)29-12-6-5-7-25-8-10-26(11-9-25)20-23-17(27-3)13-18(24-20)28-4/h13-14H,5-12H2,1-4H3. The number of hydrogen-bond donors (Lipinski definition) is 0. The Bertz CT molecular complexity index is 774. The molecule has 0 spiro atoms. The van der Waals surface area contributed by atoms with Gasteiger partial charge in [-0.1, -0.05) is 0 Å². The molecule has 9 nitrogen and oxygen atoms in total. The van der Waals surface area contributed by atoms with Crippen LogP contribution in [0.5, 0.6) is 17.6 Å². The Labute approximate surface area is 172 Å². The highest BCUT2D eigenvalue weighted by Gasteiger charge is 2.20. The minimum Gasteiger partial charge on any atom is -0.481 e. The van der Waals surface area contributed by atoms with Gasteiger partial charge in [-0.05, 0) is 33.2 Å². The number of nitrogens with zero attached hydrogens (tertiary/aromatic N) is 6. The molecular formula is C20H30N6O3. The molecule has 9 heteroatoms. The third kappa shape index (κ3) is 5.90. The lowest BCUT2D eigenvalue weighted by Gasteiger charge is -2.34. The average molecular weight is 402 g/mol. The van der Waals surface area contributed by atoms with E-state index in [2.05, 4.69) is 29.7 Å². The maximum Gasteiger partial charge on any atom is 0.232 e. The van der Waals surface area contributed by atoms with Crippen LogP contribution in [-0.4, -0.2) is 78.4 Å². The van der Waals surface area contributed by atoms with Gasteiger partial charge in [-0.15, -0.1) is 0 Å². The van der Waals surface area contributed by atoms with E-state index in [-0.39, 0.29) is 0 Å². The Morgan fingerprint density at radius 1 is 0.862 bits per heavy atom. The molecule has 1 saturated heterocycles. The molecule has 3 rings (SSSR count). The summed E-state index contributed by atoms with van der Waals surface area (Å²) < 4.78 is 16.2. The van der Waals surface area contributed by atoms with Crippen LogP contribution in [0.25, 0.3) is 0 Å². The van der Waals surface area contributed by atoms with Crippen molar-refractivity contribution in [1.82, 2.24) is 24.8 Å². The van der Waals surface area contributed by atoms with Gasteiger partial charge >= 0.3 is 0 Å². The number of rotatable bonds is 9. The third-order valence-corrected chi connectivity index (χ3v) is 5.03. The topological polar surface area (TPSA) is 85.7 Å². The second-order valence-corrected chi connectivity index (χ2v) is 7.02. The quantitative estimate of drug-likeness (QED) is 0.584. The van der Waals surface area contributed by atoms with Crippen LogP contribution in [0.2, 0.25) is 0 Å². The van der Waals surface area contributed by atoms with Gasteiger partial charge < -0.3 is 19.1 Å². The van der Waals surface area contributed by atoms with E-state index < -0.39 is 0 Å². The molecule has 0 aromatic carbocycles. The van der Waals surface area contributed by atoms with Gasteiger partial charge in [-0.25, -0.2) is 4.98 Å². The summed E-state index contributed by atoms with van der Waals surface area (Å²) in [5.74, 6) is 2.30. The van der Waals surface area contributed by atoms with Crippen LogP contribution in [0, 0.1) is 13.8 Å². The van der Waals surface area contributed by atoms with Gasteiger partial charge in [0.25, 0.3) is 0 Å². The molecule has 158 valence electrons. The molecule has 0 bridgehead atoms. The highest BCUT2D eigenvalue weighted by Crippen LogP contribution is 2.21. The van der Waals surface area contributed by atoms with Gasteiger partial charge in [-0.2, -0.15) is 9.97 Å². The number of aryl methyl sites for hydroxylation is 2. The zero-order chi connectivity index (χ0) is 20.6. The van der Waals surface area contributed by atoms with Crippen LogP contribution < -0.4 is 19.1 Å². The van der Waals surface area contributed by atoms with E-state index in [0.29, 0.717) is 30.2 Å². The molecule has 29 heavy (non-hydrogen) atoms. The second kappa shape index (κ2) is 10.2. The molecule has 0 aliphatic carbocycles. The summed E-state index contributed by atoms with van der Waals surface area (Å²) in [6, 6.07) is 1.69. The molecule has 3 heterocycles. The molecule has 0 N–H and O–H groups in total. The fraction of sp³-hybridized carbons (Fsp3) is 0.600. The van der Waals surface area contributed by atoms with Crippen LogP contribution in [0.15, 0.2) is 12.3 Å². The first-order chi connectivity index (χ1) is 14.1. The summed E-state index contributed by atoms with van der Waals surface area (Å²) in [6.45, 7) is 9.33. The van der Waals surface area contributed by atoms with Crippen molar-refractivity contribution in [3.63, 3.8) is 0 Å². The minimum absolute atomic E-state index is 0.516. The van der Waals surface area contributed by atoms with Crippen LogP contribution in [-0.2, 0) is 0 Å². The summed E-state index contributed by atoms with van der Waals surface area (Å²) in [5, 5.41) is 0. The van der Waals surface area contributed by atoms with Crippen molar-refractivity contribution in [1.29, 1.82) is 0 Å². The number of piperazine rings is 1. The highest BCUT2D eigenvalue weighted by molar-refractivity contribution is 5.37. The lowest BCUT2D eigenvalue weighted by atomic mass is 10.2. The molecule has 0 atom stereocenters. The summed E-state index contributed by atoms with van der Waals surface area (Å²) in [4.78, 5) is 22.2. The van der Waals surface area contributed by atoms with E-state index in [9.17, 15) is 0 Å². The smallest absolute Gasteiger partial charge is 0.232 e. The number of aromatic nitrogens is 4. The zero-order valence-electron chi connectivity index (χ0n) is 17.7. The fourth-order valence-electron chi connectivity index (χ4n) is 3.12. The Hall–Kier alpha value is -2.68. The van der Waals surface area contributed by atoms with Crippen molar-refractivity contribution in [2.45, 2.75) is 26.7 Å². The predicted octanol–water partition coefficient (Wildman–Crippen LogP) is 1.88. The summed E-state index contributed by atoms with van der Waals surface area (Å²) >= 11 is 0. The number of anilines is 1. The Kier molecular flexibility index (Phi) is 7.40. The van der Waals surface area contributed by atoms with Crippen LogP contribution in [0.4, 0.5) is 5.95 Å². The number of hydrogen-bond acceptors (Lipinski definition) is 9. The lowest BCUT2D eigenvalue weighted by Crippen LogP contribution is -2.47. The first-order valence-corrected chi connectivity index (χ1v) is 9.96. The normalized spacial score (nSPS) is 14.7. The average Bonchev–Trinajstić information content (AvgIpc) is 2.76. The molecule has 1 aliphatic heterocycles. The van der Waals surface area contributed by atoms with E-state index in [4.69, 9.17) is 14.2 Å². The molecule has 2 aromatic heterocycles. The molecule has 1 aliphatic rings. The van der Waals surface area contributed by atoms with Crippen molar-refractivity contribution in [3.8, 4) is 17.6 Å². The Balaban J connectivity index is 1.37. The van der Waals surface area contributed by atoms with Gasteiger partial charge in [0.05, 0.1) is 44.5 Å². The van der Waals surface area contributed by atoms with Crippen LogP contribution in [0.1, 0.15) is 24.2 Å². The highest BCUT2D eigenvalue weighted by atomic mass is 16.5. The molecule has 0 amide bonds. The minimum atomic E-state index is 0.516. The van der Waals surface area contributed by atoms with Gasteiger partial charge in [0.15, 0.2) is 0 Å². The largest absolute Gasteiger partial charge is 0.481 e. The Morgan fingerprint density at radius 2 is 1.55 bits per heavy atom. The zero-order valence-corrected chi connectivity index (χ0v) is 17.7. The number of methoxy groups -OCH3 is 2. The molecular weight excluding hydrogens is 372 g/mol. The van der Waals surface area contributed by atoms with Gasteiger partial charge in [0.1, 0.15) is 0 Å². The Morgan fingerprint density at radius 3 is 2.17 bits per heavy atom. The molecule has 0 radical (unpaired) electrons. The SMILES string of the molecule is COc1cc(OC)nc(N2CCN(CCCCOc3cnc(C)c(C)n3)CC2)n1. The number of unbranched alkanes of at least 4 members (excludes halogenated alkanes) is 1. The van der Waals surface area contributed by atoms with E-state index >= 15 is 0 Å². The van der Waals surface area contributed by atoms with Gasteiger partial charge in [-0.3, -0.25) is 9.88 Å². The van der Waals surface area contributed by atoms with Crippen molar-refractivity contribution in [2.24, 2.45) is 0 Å². The molecule has 2 aromatic rings. The van der Waals surface area contributed by atoms with E-state index in [1.165, 1.54) is 0 Å². The predicted molar refractivity (Wildman–Crippen MR) is 110 cm³/mol. The first kappa shape index (κ1) is 21.0. The van der Waals surface area contributed by atoms with Gasteiger partial charge in [0, 0.05) is 26.2 Å². The van der Waals surface area contributed by atoms with Crippen molar-refractivity contribution >= 4 is 5.95 Å². The molecule has 1 fully saturated rings. The first-order valence-electron chi connectivity index (χ1n) is 9.96. The van der Waals surface area contributed by atoms with Crippen LogP contribution >= 0.6 is 0 Å². The maximum absolute atomic E-state index is 5.71. The van der Waals surface area contributed by atoms with Crippen molar-refractivity contribution in [2.75, 3.05) is 58.5 Å². The summed E-state index contributed by atoms with van der Waals surface area (Å²) in [6.07, 6.45) is 3.77. The lowest BCUT2D eigenvalue weighted by molar-refractivity contribution is 0.235. The second-order valence-electron chi connectivity index (χ2n) is 7.02. The summed E-state index contributed by atoms with van der Waals surface area (Å²) in [5.41, 5.74) is 1.85. The van der Waals surface area contributed by atoms with E-state index in [1.54, 1.807) is 26.5 Å². The molecule has 0 unspecified atom stereocenters. The number of ether oxygens (including phenoxy) is 3. The van der Waals surface area contributed by atoms with Gasteiger partial charge in [0.2, 0.25) is 23.6 Å². The fourth-order valence-corrected chi connectivity index (χ4v) is 3.12. The van der Waals surface area contributed by atoms with Crippen molar-refractivity contribution in [3.05, 3.63) is 23.7 Å². The third-order valence-electron chi connectivity index (χ3n) is 5.03. The van der Waals surface area contributed by atoms with Crippen LogP contribution in [0.3, 0.4) is 0 Å². The molecule has 0 saturated carbocycles. The monoisotopic (exact) mass is 402 g/mol. The van der Waals surface area contributed by atoms with E-state index in [0.717, 1.165) is 57.0 Å². The maximum atomic E-state index is 5.71. The van der Waals surface area contributed by atoms with Crippen molar-refractivity contribution < 1.29 is 14.2 Å². The summed E-state index contributed by atoms with van der Waals surface area (Å²) in [7, 11) is 3.19. The van der Waals surface area contributed by atoms with E-state index in [1.807, 2.05) is 13.8 Å².